The van der Waals surface area contributed by atoms with Gasteiger partial charge in [0.05, 0.1) is 0 Å². The standard InChI is InChI=1S/C34H29N/c1-26-11-9-17-32(23-26)35(33-18-10-12-27(2)24-33)31-21-19-28(20-22-31)25-34(29-13-5-3-6-14-29)30-15-7-4-8-16-30/h3-25H,1-2H3. The maximum atomic E-state index is 2.32. The molecule has 0 fully saturated rings. The van der Waals surface area contributed by atoms with Gasteiger partial charge in [0.15, 0.2) is 0 Å². The third-order valence-electron chi connectivity index (χ3n) is 6.15. The second-order valence-electron chi connectivity index (χ2n) is 8.90. The van der Waals surface area contributed by atoms with Crippen molar-refractivity contribution in [3.05, 3.63) is 161 Å². The number of hydrogen-bond donors (Lipinski definition) is 0. The summed E-state index contributed by atoms with van der Waals surface area (Å²) in [6, 6.07) is 47.4. The molecular formula is C34H29N. The first-order valence-electron chi connectivity index (χ1n) is 12.0. The van der Waals surface area contributed by atoms with Crippen LogP contribution in [0.15, 0.2) is 133 Å². The van der Waals surface area contributed by atoms with Crippen LogP contribution in [-0.2, 0) is 0 Å². The summed E-state index contributed by atoms with van der Waals surface area (Å²) in [5.74, 6) is 0. The van der Waals surface area contributed by atoms with E-state index >= 15 is 0 Å². The Bertz CT molecular complexity index is 1340. The predicted molar refractivity (Wildman–Crippen MR) is 150 cm³/mol. The van der Waals surface area contributed by atoms with Crippen molar-refractivity contribution < 1.29 is 0 Å². The highest BCUT2D eigenvalue weighted by atomic mass is 15.1. The van der Waals surface area contributed by atoms with Crippen molar-refractivity contribution in [2.45, 2.75) is 13.8 Å². The molecule has 5 aromatic rings. The van der Waals surface area contributed by atoms with E-state index in [0.29, 0.717) is 0 Å². The molecule has 0 saturated carbocycles. The monoisotopic (exact) mass is 451 g/mol. The fourth-order valence-electron chi connectivity index (χ4n) is 4.44. The minimum absolute atomic E-state index is 1.14. The summed E-state index contributed by atoms with van der Waals surface area (Å²) in [7, 11) is 0. The van der Waals surface area contributed by atoms with Crippen LogP contribution in [0.2, 0.25) is 0 Å². The van der Waals surface area contributed by atoms with Crippen molar-refractivity contribution in [2.75, 3.05) is 4.90 Å². The molecule has 1 heteroatoms. The molecule has 0 aliphatic heterocycles. The Hall–Kier alpha value is -4.36. The van der Waals surface area contributed by atoms with Gasteiger partial charge >= 0.3 is 0 Å². The van der Waals surface area contributed by atoms with E-state index in [1.54, 1.807) is 0 Å². The van der Waals surface area contributed by atoms with Crippen molar-refractivity contribution in [1.82, 2.24) is 0 Å². The van der Waals surface area contributed by atoms with Gasteiger partial charge in [-0.2, -0.15) is 0 Å². The molecule has 0 heterocycles. The van der Waals surface area contributed by atoms with Gasteiger partial charge in [-0.3, -0.25) is 0 Å². The number of aryl methyl sites for hydroxylation is 2. The average Bonchev–Trinajstić information content (AvgIpc) is 2.89. The van der Waals surface area contributed by atoms with Crippen molar-refractivity contribution >= 4 is 28.7 Å². The van der Waals surface area contributed by atoms with Gasteiger partial charge in [0, 0.05) is 17.1 Å². The Balaban J connectivity index is 1.56. The highest BCUT2D eigenvalue weighted by Gasteiger charge is 2.13. The number of benzene rings is 5. The Kier molecular flexibility index (Phi) is 6.59. The number of anilines is 3. The number of nitrogens with zero attached hydrogens (tertiary/aromatic N) is 1. The van der Waals surface area contributed by atoms with Gasteiger partial charge in [0.25, 0.3) is 0 Å². The van der Waals surface area contributed by atoms with Crippen molar-refractivity contribution in [3.63, 3.8) is 0 Å². The fourth-order valence-corrected chi connectivity index (χ4v) is 4.44. The first-order valence-corrected chi connectivity index (χ1v) is 12.0. The molecule has 35 heavy (non-hydrogen) atoms. The third kappa shape index (κ3) is 5.26. The van der Waals surface area contributed by atoms with E-state index in [9.17, 15) is 0 Å². The second kappa shape index (κ2) is 10.3. The quantitative estimate of drug-likeness (QED) is 0.232. The molecule has 5 aromatic carbocycles. The first kappa shape index (κ1) is 22.4. The maximum Gasteiger partial charge on any atom is 0.0464 e. The average molecular weight is 452 g/mol. The number of rotatable bonds is 6. The molecule has 0 unspecified atom stereocenters. The Morgan fingerprint density at radius 3 is 1.43 bits per heavy atom. The van der Waals surface area contributed by atoms with Gasteiger partial charge in [0.1, 0.15) is 0 Å². The van der Waals surface area contributed by atoms with Gasteiger partial charge in [-0.05, 0) is 89.7 Å². The van der Waals surface area contributed by atoms with Crippen LogP contribution in [-0.4, -0.2) is 0 Å². The molecule has 0 N–H and O–H groups in total. The Labute approximate surface area is 208 Å². The predicted octanol–water partition coefficient (Wildman–Crippen LogP) is 9.36. The van der Waals surface area contributed by atoms with E-state index in [-0.39, 0.29) is 0 Å². The van der Waals surface area contributed by atoms with E-state index in [1.165, 1.54) is 33.4 Å². The largest absolute Gasteiger partial charge is 0.310 e. The van der Waals surface area contributed by atoms with E-state index in [0.717, 1.165) is 17.1 Å². The SMILES string of the molecule is Cc1cccc(N(c2ccc(C=C(c3ccccc3)c3ccccc3)cc2)c2cccc(C)c2)c1. The van der Waals surface area contributed by atoms with Gasteiger partial charge in [-0.25, -0.2) is 0 Å². The lowest BCUT2D eigenvalue weighted by Crippen LogP contribution is -2.10. The Morgan fingerprint density at radius 2 is 0.971 bits per heavy atom. The molecule has 0 aliphatic carbocycles. The van der Waals surface area contributed by atoms with Gasteiger partial charge in [0.2, 0.25) is 0 Å². The topological polar surface area (TPSA) is 3.24 Å². The van der Waals surface area contributed by atoms with Crippen molar-refractivity contribution in [3.8, 4) is 0 Å². The molecule has 170 valence electrons. The van der Waals surface area contributed by atoms with Gasteiger partial charge in [-0.15, -0.1) is 0 Å². The zero-order valence-corrected chi connectivity index (χ0v) is 20.2. The van der Waals surface area contributed by atoms with Gasteiger partial charge in [-0.1, -0.05) is 97.1 Å². The molecule has 1 nitrogen and oxygen atoms in total. The van der Waals surface area contributed by atoms with Crippen LogP contribution in [0.5, 0.6) is 0 Å². The van der Waals surface area contributed by atoms with Crippen LogP contribution in [0.25, 0.3) is 11.6 Å². The molecule has 0 radical (unpaired) electrons. The third-order valence-corrected chi connectivity index (χ3v) is 6.15. The molecule has 0 aliphatic rings. The molecule has 0 amide bonds. The van der Waals surface area contributed by atoms with Crippen LogP contribution in [0.1, 0.15) is 27.8 Å². The van der Waals surface area contributed by atoms with Gasteiger partial charge < -0.3 is 4.90 Å². The van der Waals surface area contributed by atoms with Crippen LogP contribution in [0.3, 0.4) is 0 Å². The van der Waals surface area contributed by atoms with E-state index < -0.39 is 0 Å². The summed E-state index contributed by atoms with van der Waals surface area (Å²) < 4.78 is 0. The van der Waals surface area contributed by atoms with Crippen LogP contribution >= 0.6 is 0 Å². The summed E-state index contributed by atoms with van der Waals surface area (Å²) >= 11 is 0. The van der Waals surface area contributed by atoms with Crippen LogP contribution in [0, 0.1) is 13.8 Å². The normalized spacial score (nSPS) is 10.6. The highest BCUT2D eigenvalue weighted by Crippen LogP contribution is 2.36. The maximum absolute atomic E-state index is 2.32. The van der Waals surface area contributed by atoms with E-state index in [4.69, 9.17) is 0 Å². The fraction of sp³-hybridized carbons (Fsp3) is 0.0588. The van der Waals surface area contributed by atoms with E-state index in [2.05, 4.69) is 158 Å². The molecule has 0 saturated heterocycles. The van der Waals surface area contributed by atoms with Crippen molar-refractivity contribution in [2.24, 2.45) is 0 Å². The molecule has 0 spiro atoms. The lowest BCUT2D eigenvalue weighted by atomic mass is 9.95. The highest BCUT2D eigenvalue weighted by molar-refractivity contribution is 5.91. The summed E-state index contributed by atoms with van der Waals surface area (Å²) in [4.78, 5) is 2.32. The second-order valence-corrected chi connectivity index (χ2v) is 8.90. The molecule has 0 atom stereocenters. The minimum atomic E-state index is 1.14. The zero-order valence-electron chi connectivity index (χ0n) is 20.2. The summed E-state index contributed by atoms with van der Waals surface area (Å²) in [6.07, 6.45) is 2.28. The zero-order chi connectivity index (χ0) is 24.0. The molecule has 5 rings (SSSR count). The number of hydrogen-bond acceptors (Lipinski definition) is 1. The van der Waals surface area contributed by atoms with Crippen LogP contribution in [0.4, 0.5) is 17.1 Å². The molecular weight excluding hydrogens is 422 g/mol. The summed E-state index contributed by atoms with van der Waals surface area (Å²) in [6.45, 7) is 4.28. The lowest BCUT2D eigenvalue weighted by Gasteiger charge is -2.26. The van der Waals surface area contributed by atoms with E-state index in [1.807, 2.05) is 0 Å². The smallest absolute Gasteiger partial charge is 0.0464 e. The molecule has 0 aromatic heterocycles. The van der Waals surface area contributed by atoms with Crippen molar-refractivity contribution in [1.29, 1.82) is 0 Å². The lowest BCUT2D eigenvalue weighted by molar-refractivity contribution is 1.26. The first-order chi connectivity index (χ1) is 17.2. The van der Waals surface area contributed by atoms with Crippen LogP contribution < -0.4 is 4.90 Å². The molecule has 0 bridgehead atoms. The summed E-state index contributed by atoms with van der Waals surface area (Å²) in [5, 5.41) is 0. The summed E-state index contributed by atoms with van der Waals surface area (Å²) in [5.41, 5.74) is 10.8. The Morgan fingerprint density at radius 1 is 0.486 bits per heavy atom. The minimum Gasteiger partial charge on any atom is -0.310 e.